The highest BCUT2D eigenvalue weighted by atomic mass is 32.1. The molecular formula is C15H16N6S. The fraction of sp³-hybridized carbons (Fsp3) is 0.333. The number of hydrogen-bond donors (Lipinski definition) is 0. The van der Waals surface area contributed by atoms with E-state index >= 15 is 0 Å². The third-order valence-corrected chi connectivity index (χ3v) is 4.79. The van der Waals surface area contributed by atoms with E-state index in [1.54, 1.807) is 11.3 Å². The van der Waals surface area contributed by atoms with Crippen LogP contribution in [-0.2, 0) is 19.4 Å². The van der Waals surface area contributed by atoms with E-state index in [2.05, 4.69) is 39.8 Å². The van der Waals surface area contributed by atoms with Crippen molar-refractivity contribution in [1.29, 1.82) is 0 Å². The van der Waals surface area contributed by atoms with Crippen LogP contribution in [0.15, 0.2) is 24.3 Å². The van der Waals surface area contributed by atoms with Gasteiger partial charge in [-0.1, -0.05) is 37.3 Å². The van der Waals surface area contributed by atoms with Gasteiger partial charge >= 0.3 is 0 Å². The number of rotatable bonds is 4. The Balaban J connectivity index is 1.83. The second kappa shape index (κ2) is 5.17. The average molecular weight is 312 g/mol. The summed E-state index contributed by atoms with van der Waals surface area (Å²) in [6.07, 6.45) is 1.80. The molecule has 0 spiro atoms. The predicted octanol–water partition coefficient (Wildman–Crippen LogP) is 2.71. The van der Waals surface area contributed by atoms with Crippen LogP contribution in [0.5, 0.6) is 0 Å². The van der Waals surface area contributed by atoms with Crippen LogP contribution in [-0.4, -0.2) is 29.4 Å². The van der Waals surface area contributed by atoms with Gasteiger partial charge in [0.05, 0.1) is 17.6 Å². The van der Waals surface area contributed by atoms with Gasteiger partial charge in [0.1, 0.15) is 10.8 Å². The molecule has 0 saturated heterocycles. The predicted molar refractivity (Wildman–Crippen MR) is 86.3 cm³/mol. The SMILES string of the molecule is CCc1nn2c(Cn3c(CC)nc4ccccc43)nnc2s1. The number of imidazole rings is 1. The highest BCUT2D eigenvalue weighted by molar-refractivity contribution is 7.16. The zero-order valence-electron chi connectivity index (χ0n) is 12.5. The normalized spacial score (nSPS) is 11.7. The third kappa shape index (κ3) is 2.00. The van der Waals surface area contributed by atoms with Crippen LogP contribution in [0.1, 0.15) is 30.5 Å². The van der Waals surface area contributed by atoms with Crippen LogP contribution in [0, 0.1) is 0 Å². The summed E-state index contributed by atoms with van der Waals surface area (Å²) < 4.78 is 4.06. The van der Waals surface area contributed by atoms with Crippen molar-refractivity contribution in [3.05, 3.63) is 40.9 Å². The Morgan fingerprint density at radius 2 is 1.91 bits per heavy atom. The molecule has 0 aliphatic heterocycles. The highest BCUT2D eigenvalue weighted by Gasteiger charge is 2.15. The van der Waals surface area contributed by atoms with Crippen LogP contribution < -0.4 is 0 Å². The molecule has 6 nitrogen and oxygen atoms in total. The summed E-state index contributed by atoms with van der Waals surface area (Å²) in [7, 11) is 0. The molecule has 3 heterocycles. The molecule has 0 bridgehead atoms. The molecule has 1 aromatic carbocycles. The molecule has 112 valence electrons. The van der Waals surface area contributed by atoms with E-state index in [0.29, 0.717) is 6.54 Å². The van der Waals surface area contributed by atoms with Gasteiger partial charge in [0.15, 0.2) is 5.82 Å². The van der Waals surface area contributed by atoms with Gasteiger partial charge in [0.25, 0.3) is 0 Å². The molecule has 0 radical (unpaired) electrons. The molecule has 0 amide bonds. The number of benzene rings is 1. The first kappa shape index (κ1) is 13.4. The molecule has 0 atom stereocenters. The molecule has 0 saturated carbocycles. The van der Waals surface area contributed by atoms with E-state index < -0.39 is 0 Å². The van der Waals surface area contributed by atoms with E-state index in [0.717, 1.165) is 45.5 Å². The standard InChI is InChI=1S/C15H16N6S/c1-3-12-16-10-7-5-6-8-11(10)20(12)9-13-17-18-15-21(13)19-14(4-2)22-15/h5-8H,3-4,9H2,1-2H3. The van der Waals surface area contributed by atoms with Crippen molar-refractivity contribution in [3.8, 4) is 0 Å². The van der Waals surface area contributed by atoms with Gasteiger partial charge in [-0.25, -0.2) is 4.98 Å². The van der Waals surface area contributed by atoms with Crippen molar-refractivity contribution in [2.75, 3.05) is 0 Å². The van der Waals surface area contributed by atoms with Crippen LogP contribution in [0.25, 0.3) is 16.0 Å². The molecule has 22 heavy (non-hydrogen) atoms. The molecule has 4 aromatic rings. The first-order chi connectivity index (χ1) is 10.8. The van der Waals surface area contributed by atoms with Crippen molar-refractivity contribution in [2.24, 2.45) is 0 Å². The second-order valence-corrected chi connectivity index (χ2v) is 6.16. The fourth-order valence-electron chi connectivity index (χ4n) is 2.65. The van der Waals surface area contributed by atoms with Gasteiger partial charge in [-0.2, -0.15) is 9.61 Å². The minimum atomic E-state index is 0.637. The number of hydrogen-bond acceptors (Lipinski definition) is 5. The highest BCUT2D eigenvalue weighted by Crippen LogP contribution is 2.19. The molecule has 0 N–H and O–H groups in total. The first-order valence-electron chi connectivity index (χ1n) is 7.44. The van der Waals surface area contributed by atoms with Gasteiger partial charge in [-0.05, 0) is 18.6 Å². The van der Waals surface area contributed by atoms with Gasteiger partial charge in [-0.3, -0.25) is 0 Å². The molecule has 4 rings (SSSR count). The number of aryl methyl sites for hydroxylation is 2. The first-order valence-corrected chi connectivity index (χ1v) is 8.26. The van der Waals surface area contributed by atoms with Crippen molar-refractivity contribution >= 4 is 27.3 Å². The zero-order valence-corrected chi connectivity index (χ0v) is 13.3. The molecule has 3 aromatic heterocycles. The van der Waals surface area contributed by atoms with E-state index in [4.69, 9.17) is 4.98 Å². The zero-order chi connectivity index (χ0) is 15.1. The molecule has 0 aliphatic rings. The Kier molecular flexibility index (Phi) is 3.15. The largest absolute Gasteiger partial charge is 0.320 e. The van der Waals surface area contributed by atoms with E-state index in [1.165, 1.54) is 0 Å². The maximum absolute atomic E-state index is 4.70. The topological polar surface area (TPSA) is 60.9 Å². The Bertz CT molecular complexity index is 948. The monoisotopic (exact) mass is 312 g/mol. The quantitative estimate of drug-likeness (QED) is 0.581. The van der Waals surface area contributed by atoms with Crippen molar-refractivity contribution in [2.45, 2.75) is 33.2 Å². The van der Waals surface area contributed by atoms with E-state index in [-0.39, 0.29) is 0 Å². The minimum Gasteiger partial charge on any atom is -0.320 e. The van der Waals surface area contributed by atoms with Gasteiger partial charge in [0, 0.05) is 6.42 Å². The fourth-order valence-corrected chi connectivity index (χ4v) is 3.44. The number of para-hydroxylation sites is 2. The lowest BCUT2D eigenvalue weighted by molar-refractivity contribution is 0.686. The minimum absolute atomic E-state index is 0.637. The summed E-state index contributed by atoms with van der Waals surface area (Å²) in [5.74, 6) is 1.91. The summed E-state index contributed by atoms with van der Waals surface area (Å²) >= 11 is 1.60. The molecule has 7 heteroatoms. The number of fused-ring (bicyclic) bond motifs is 2. The summed E-state index contributed by atoms with van der Waals surface area (Å²) in [6.45, 7) is 4.86. The molecular weight excluding hydrogens is 296 g/mol. The van der Waals surface area contributed by atoms with Crippen LogP contribution >= 0.6 is 11.3 Å². The van der Waals surface area contributed by atoms with E-state index in [9.17, 15) is 0 Å². The van der Waals surface area contributed by atoms with Crippen molar-refractivity contribution in [3.63, 3.8) is 0 Å². The number of aromatic nitrogens is 6. The van der Waals surface area contributed by atoms with Gasteiger partial charge in [-0.15, -0.1) is 10.2 Å². The lowest BCUT2D eigenvalue weighted by Gasteiger charge is -2.05. The van der Waals surface area contributed by atoms with Gasteiger partial charge < -0.3 is 4.57 Å². The van der Waals surface area contributed by atoms with Crippen molar-refractivity contribution < 1.29 is 0 Å². The summed E-state index contributed by atoms with van der Waals surface area (Å²) in [4.78, 5) is 5.56. The molecule has 0 unspecified atom stereocenters. The lowest BCUT2D eigenvalue weighted by Crippen LogP contribution is -2.08. The lowest BCUT2D eigenvalue weighted by atomic mass is 10.3. The van der Waals surface area contributed by atoms with Crippen LogP contribution in [0.3, 0.4) is 0 Å². The van der Waals surface area contributed by atoms with E-state index in [1.807, 2.05) is 22.7 Å². The Morgan fingerprint density at radius 1 is 1.05 bits per heavy atom. The van der Waals surface area contributed by atoms with Gasteiger partial charge in [0.2, 0.25) is 4.96 Å². The van der Waals surface area contributed by atoms with Crippen molar-refractivity contribution in [1.82, 2.24) is 29.4 Å². The average Bonchev–Trinajstić information content (AvgIpc) is 3.21. The maximum Gasteiger partial charge on any atom is 0.234 e. The summed E-state index contributed by atoms with van der Waals surface area (Å²) in [5, 5.41) is 14.2. The Hall–Kier alpha value is -2.28. The second-order valence-electron chi connectivity index (χ2n) is 5.12. The number of nitrogens with zero attached hydrogens (tertiary/aromatic N) is 6. The van der Waals surface area contributed by atoms with Crippen LogP contribution in [0.4, 0.5) is 0 Å². The molecule has 0 fully saturated rings. The molecule has 0 aliphatic carbocycles. The Labute approximate surface area is 131 Å². The Morgan fingerprint density at radius 3 is 2.73 bits per heavy atom. The smallest absolute Gasteiger partial charge is 0.234 e. The van der Waals surface area contributed by atoms with Crippen LogP contribution in [0.2, 0.25) is 0 Å². The third-order valence-electron chi connectivity index (χ3n) is 3.75. The maximum atomic E-state index is 4.70. The summed E-state index contributed by atoms with van der Waals surface area (Å²) in [6, 6.07) is 8.19. The summed E-state index contributed by atoms with van der Waals surface area (Å²) in [5.41, 5.74) is 2.15.